The Morgan fingerprint density at radius 1 is 1.15 bits per heavy atom. The number of aryl methyl sites for hydroxylation is 1. The van der Waals surface area contributed by atoms with Crippen LogP contribution in [0.1, 0.15) is 26.3 Å². The third-order valence-electron chi connectivity index (χ3n) is 3.31. The lowest BCUT2D eigenvalue weighted by Gasteiger charge is -2.28. The Kier molecular flexibility index (Phi) is 7.16. The lowest BCUT2D eigenvalue weighted by atomic mass is 10.2. The van der Waals surface area contributed by atoms with E-state index in [1.165, 1.54) is 19.2 Å². The van der Waals surface area contributed by atoms with Gasteiger partial charge in [-0.15, -0.1) is 0 Å². The number of ether oxygens (including phenoxy) is 2. The van der Waals surface area contributed by atoms with E-state index < -0.39 is 40.4 Å². The molecule has 0 unspecified atom stereocenters. The van der Waals surface area contributed by atoms with Crippen molar-refractivity contribution in [3.8, 4) is 0 Å². The predicted molar refractivity (Wildman–Crippen MR) is 94.1 cm³/mol. The predicted octanol–water partition coefficient (Wildman–Crippen LogP) is 2.11. The number of nitrogens with zero attached hydrogens (tertiary/aromatic N) is 1. The Bertz CT molecular complexity index is 735. The van der Waals surface area contributed by atoms with Crippen LogP contribution in [0.2, 0.25) is 0 Å². The van der Waals surface area contributed by atoms with Gasteiger partial charge < -0.3 is 9.47 Å². The number of carbonyl (C=O) groups is 2. The van der Waals surface area contributed by atoms with Crippen molar-refractivity contribution >= 4 is 22.2 Å². The first-order valence-electron chi connectivity index (χ1n) is 7.87. The smallest absolute Gasteiger partial charge is 0.410 e. The molecule has 1 rings (SSSR count). The lowest BCUT2D eigenvalue weighted by molar-refractivity contribution is -0.147. The Balaban J connectivity index is 2.93. The molecule has 1 aromatic rings. The summed E-state index contributed by atoms with van der Waals surface area (Å²) in [6, 6.07) is 4.77. The molecule has 1 aromatic carbocycles. The van der Waals surface area contributed by atoms with Crippen LogP contribution in [0.3, 0.4) is 0 Å². The van der Waals surface area contributed by atoms with Gasteiger partial charge in [0.2, 0.25) is 0 Å². The average molecular weight is 387 g/mol. The van der Waals surface area contributed by atoms with Crippen LogP contribution in [0.4, 0.5) is 4.79 Å². The lowest BCUT2D eigenvalue weighted by Crippen LogP contribution is -2.48. The molecule has 0 heterocycles. The Morgan fingerprint density at radius 2 is 1.69 bits per heavy atom. The van der Waals surface area contributed by atoms with Crippen LogP contribution in [-0.4, -0.2) is 57.8 Å². The van der Waals surface area contributed by atoms with Crippen LogP contribution in [0.15, 0.2) is 29.2 Å². The fourth-order valence-corrected chi connectivity index (χ4v) is 2.78. The van der Waals surface area contributed by atoms with Crippen LogP contribution in [0, 0.1) is 6.92 Å². The average Bonchev–Trinajstić information content (AvgIpc) is 2.53. The zero-order chi connectivity index (χ0) is 20.1. The summed E-state index contributed by atoms with van der Waals surface area (Å²) in [7, 11) is -1.66. The number of esters is 1. The highest BCUT2D eigenvalue weighted by Crippen LogP contribution is 2.16. The van der Waals surface area contributed by atoms with E-state index in [1.807, 2.05) is 6.92 Å². The van der Waals surface area contributed by atoms with E-state index in [1.54, 1.807) is 32.9 Å². The van der Waals surface area contributed by atoms with Crippen molar-refractivity contribution in [1.82, 2.24) is 4.90 Å². The monoisotopic (exact) mass is 387 g/mol. The summed E-state index contributed by atoms with van der Waals surface area (Å²) < 4.78 is 39.3. The molecule has 0 N–H and O–H groups in total. The Labute approximate surface area is 154 Å². The number of carbonyl (C=O) groups excluding carboxylic acids is 2. The molecule has 0 aromatic heterocycles. The van der Waals surface area contributed by atoms with Gasteiger partial charge >= 0.3 is 12.1 Å². The summed E-state index contributed by atoms with van der Waals surface area (Å²) in [5, 5.41) is 0. The maximum Gasteiger partial charge on any atom is 0.410 e. The molecule has 0 aliphatic heterocycles. The van der Waals surface area contributed by atoms with Crippen molar-refractivity contribution < 1.29 is 31.7 Å². The van der Waals surface area contributed by atoms with E-state index in [-0.39, 0.29) is 4.90 Å². The molecule has 146 valence electrons. The molecule has 8 nitrogen and oxygen atoms in total. The molecular formula is C17H25NO7S. The normalized spacial score (nSPS) is 13.0. The molecular weight excluding hydrogens is 362 g/mol. The first-order chi connectivity index (χ1) is 11.9. The van der Waals surface area contributed by atoms with Crippen LogP contribution >= 0.6 is 0 Å². The number of likely N-dealkylation sites (N-methyl/N-ethyl adjacent to an activating group) is 1. The second-order valence-electron chi connectivity index (χ2n) is 6.68. The standard InChI is InChI=1S/C17H25NO7S/c1-12-7-9-13(10-8-12)26(21,22)24-11-14(15(19)23-6)18(5)16(20)25-17(2,3)4/h7-10,14H,11H2,1-6H3/t14-/m0/s1. The summed E-state index contributed by atoms with van der Waals surface area (Å²) in [5.74, 6) is -0.822. The van der Waals surface area contributed by atoms with Gasteiger partial charge in [0.05, 0.1) is 18.6 Å². The number of benzene rings is 1. The van der Waals surface area contributed by atoms with E-state index in [9.17, 15) is 18.0 Å². The minimum absolute atomic E-state index is 0.0494. The summed E-state index contributed by atoms with van der Waals surface area (Å²) in [4.78, 5) is 25.0. The SMILES string of the molecule is COC(=O)[C@H](COS(=O)(=O)c1ccc(C)cc1)N(C)C(=O)OC(C)(C)C. The molecule has 0 saturated carbocycles. The second kappa shape index (κ2) is 8.50. The fourth-order valence-electron chi connectivity index (χ4n) is 1.86. The van der Waals surface area contributed by atoms with Crippen LogP contribution in [0.5, 0.6) is 0 Å². The van der Waals surface area contributed by atoms with E-state index >= 15 is 0 Å². The molecule has 0 fully saturated rings. The van der Waals surface area contributed by atoms with Crippen LogP contribution in [0.25, 0.3) is 0 Å². The first-order valence-corrected chi connectivity index (χ1v) is 9.28. The first kappa shape index (κ1) is 21.9. The zero-order valence-electron chi connectivity index (χ0n) is 15.8. The number of amides is 1. The third-order valence-corrected chi connectivity index (χ3v) is 4.61. The summed E-state index contributed by atoms with van der Waals surface area (Å²) in [5.41, 5.74) is 0.113. The van der Waals surface area contributed by atoms with Gasteiger partial charge in [-0.1, -0.05) is 17.7 Å². The van der Waals surface area contributed by atoms with Gasteiger partial charge in [0, 0.05) is 7.05 Å². The Morgan fingerprint density at radius 3 is 2.15 bits per heavy atom. The molecule has 9 heteroatoms. The van der Waals surface area contributed by atoms with Crippen LogP contribution < -0.4 is 0 Å². The van der Waals surface area contributed by atoms with Gasteiger partial charge in [0.25, 0.3) is 10.1 Å². The third kappa shape index (κ3) is 6.30. The number of rotatable bonds is 6. The maximum atomic E-state index is 12.3. The van der Waals surface area contributed by atoms with Gasteiger partial charge in [-0.25, -0.2) is 9.59 Å². The van der Waals surface area contributed by atoms with Gasteiger partial charge in [-0.3, -0.25) is 9.08 Å². The van der Waals surface area contributed by atoms with Gasteiger partial charge in [0.1, 0.15) is 5.60 Å². The Hall–Kier alpha value is -2.13. The maximum absolute atomic E-state index is 12.3. The zero-order valence-corrected chi connectivity index (χ0v) is 16.6. The fraction of sp³-hybridized carbons (Fsp3) is 0.529. The highest BCUT2D eigenvalue weighted by molar-refractivity contribution is 7.86. The van der Waals surface area contributed by atoms with Crippen molar-refractivity contribution in [2.45, 2.75) is 44.2 Å². The minimum Gasteiger partial charge on any atom is -0.467 e. The molecule has 0 spiro atoms. The summed E-state index contributed by atoms with van der Waals surface area (Å²) >= 11 is 0. The molecule has 0 radical (unpaired) electrons. The summed E-state index contributed by atoms with van der Waals surface area (Å²) in [6.45, 7) is 6.23. The van der Waals surface area contributed by atoms with Crippen molar-refractivity contribution in [1.29, 1.82) is 0 Å². The van der Waals surface area contributed by atoms with E-state index in [2.05, 4.69) is 4.74 Å². The van der Waals surface area contributed by atoms with Crippen LogP contribution in [-0.2, 0) is 28.6 Å². The highest BCUT2D eigenvalue weighted by Gasteiger charge is 2.33. The van der Waals surface area contributed by atoms with Gasteiger partial charge in [-0.2, -0.15) is 8.42 Å². The van der Waals surface area contributed by atoms with E-state index in [4.69, 9.17) is 8.92 Å². The van der Waals surface area contributed by atoms with Crippen molar-refractivity contribution in [2.24, 2.45) is 0 Å². The quantitative estimate of drug-likeness (QED) is 0.544. The molecule has 1 amide bonds. The molecule has 0 aliphatic rings. The minimum atomic E-state index is -4.09. The van der Waals surface area contributed by atoms with E-state index in [0.717, 1.165) is 17.6 Å². The van der Waals surface area contributed by atoms with E-state index in [0.29, 0.717) is 0 Å². The largest absolute Gasteiger partial charge is 0.467 e. The van der Waals surface area contributed by atoms with Crippen molar-refractivity contribution in [2.75, 3.05) is 20.8 Å². The molecule has 1 atom stereocenters. The highest BCUT2D eigenvalue weighted by atomic mass is 32.2. The molecule has 0 aliphatic carbocycles. The second-order valence-corrected chi connectivity index (χ2v) is 8.30. The number of methoxy groups -OCH3 is 1. The van der Waals surface area contributed by atoms with Crippen molar-refractivity contribution in [3.63, 3.8) is 0 Å². The van der Waals surface area contributed by atoms with Crippen molar-refractivity contribution in [3.05, 3.63) is 29.8 Å². The van der Waals surface area contributed by atoms with Gasteiger partial charge in [-0.05, 0) is 39.8 Å². The molecule has 26 heavy (non-hydrogen) atoms. The molecule has 0 bridgehead atoms. The number of hydrogen-bond acceptors (Lipinski definition) is 7. The topological polar surface area (TPSA) is 99.2 Å². The molecule has 0 saturated heterocycles. The van der Waals surface area contributed by atoms with Gasteiger partial charge in [0.15, 0.2) is 6.04 Å². The number of hydrogen-bond donors (Lipinski definition) is 0. The summed E-state index contributed by atoms with van der Waals surface area (Å²) in [6.07, 6.45) is -0.802.